The van der Waals surface area contributed by atoms with Crippen LogP contribution in [0.3, 0.4) is 0 Å². The normalized spacial score (nSPS) is 12.2. The number of hydrogen-bond donors (Lipinski definition) is 0. The van der Waals surface area contributed by atoms with E-state index in [2.05, 4.69) is 25.7 Å². The van der Waals surface area contributed by atoms with Crippen molar-refractivity contribution in [3.8, 4) is 11.1 Å². The molecule has 3 rings (SSSR count). The topological polar surface area (TPSA) is 25.2 Å². The van der Waals surface area contributed by atoms with Crippen LogP contribution in [0.1, 0.15) is 20.8 Å². The minimum atomic E-state index is -0.00998. The number of likely N-dealkylation sites (N-methyl/N-ethyl adjacent to an activating group) is 1. The molecule has 0 amide bonds. The minimum Gasteiger partial charge on any atom is -0.313 e. The van der Waals surface area contributed by atoms with Gasteiger partial charge in [0.2, 0.25) is 0 Å². The summed E-state index contributed by atoms with van der Waals surface area (Å²) in [5.41, 5.74) is 2.02. The number of benzene rings is 2. The lowest BCUT2D eigenvalue weighted by Gasteiger charge is -2.27. The summed E-state index contributed by atoms with van der Waals surface area (Å²) in [5, 5.41) is 2.80. The highest BCUT2D eigenvalue weighted by Crippen LogP contribution is 2.29. The quantitative estimate of drug-likeness (QED) is 0.462. The third kappa shape index (κ3) is 4.72. The Hall–Kier alpha value is -1.52. The highest BCUT2D eigenvalue weighted by Gasteiger charge is 2.15. The maximum Gasteiger partial charge on any atom is 0.258 e. The predicted octanol–water partition coefficient (Wildman–Crippen LogP) is 6.13. The first-order chi connectivity index (χ1) is 12.9. The molecule has 1 atom stereocenters. The molecule has 150 valence electrons. The lowest BCUT2D eigenvalue weighted by atomic mass is 10.0. The fourth-order valence-electron chi connectivity index (χ4n) is 3.61. The third-order valence-corrected chi connectivity index (χ3v) is 5.59. The smallest absolute Gasteiger partial charge is 0.258 e. The molecule has 28 heavy (non-hydrogen) atoms. The summed E-state index contributed by atoms with van der Waals surface area (Å²) >= 11 is 12.2. The highest BCUT2D eigenvalue weighted by atomic mass is 35.5. The van der Waals surface area contributed by atoms with E-state index in [0.29, 0.717) is 22.0 Å². The summed E-state index contributed by atoms with van der Waals surface area (Å²) in [6, 6.07) is 13.5. The molecule has 1 unspecified atom stereocenters. The SMILES string of the molecule is CCN(CC)C(C)Cn1cc(-c2ccc(Cl)cc2)c2ccc(Cl)cc2c1=O.Cl. The molecule has 1 aromatic heterocycles. The largest absolute Gasteiger partial charge is 0.313 e. The number of aromatic nitrogens is 1. The summed E-state index contributed by atoms with van der Waals surface area (Å²) in [6.45, 7) is 8.98. The molecule has 2 aromatic carbocycles. The van der Waals surface area contributed by atoms with E-state index >= 15 is 0 Å². The molecule has 3 aromatic rings. The highest BCUT2D eigenvalue weighted by molar-refractivity contribution is 6.31. The van der Waals surface area contributed by atoms with E-state index in [9.17, 15) is 4.79 Å². The van der Waals surface area contributed by atoms with Gasteiger partial charge in [-0.05, 0) is 55.2 Å². The van der Waals surface area contributed by atoms with Crippen LogP contribution in [0.2, 0.25) is 10.0 Å². The molecule has 0 aliphatic carbocycles. The summed E-state index contributed by atoms with van der Waals surface area (Å²) in [5.74, 6) is 0. The number of hydrogen-bond acceptors (Lipinski definition) is 2. The third-order valence-electron chi connectivity index (χ3n) is 5.10. The summed E-state index contributed by atoms with van der Waals surface area (Å²) in [4.78, 5) is 15.5. The number of rotatable bonds is 6. The Morgan fingerprint density at radius 1 is 0.964 bits per heavy atom. The van der Waals surface area contributed by atoms with Crippen LogP contribution in [-0.4, -0.2) is 28.6 Å². The molecule has 0 saturated heterocycles. The second-order valence-corrected chi connectivity index (χ2v) is 7.64. The Kier molecular flexibility index (Phi) is 7.97. The number of fused-ring (bicyclic) bond motifs is 1. The zero-order chi connectivity index (χ0) is 19.6. The molecule has 0 spiro atoms. The van der Waals surface area contributed by atoms with E-state index in [4.69, 9.17) is 23.2 Å². The van der Waals surface area contributed by atoms with Crippen molar-refractivity contribution in [1.29, 1.82) is 0 Å². The van der Waals surface area contributed by atoms with Gasteiger partial charge in [-0.3, -0.25) is 9.69 Å². The van der Waals surface area contributed by atoms with Gasteiger partial charge in [0.15, 0.2) is 0 Å². The fourth-order valence-corrected chi connectivity index (χ4v) is 3.91. The Bertz CT molecular complexity index is 995. The molecule has 0 radical (unpaired) electrons. The first kappa shape index (κ1) is 22.8. The minimum absolute atomic E-state index is 0. The van der Waals surface area contributed by atoms with Gasteiger partial charge in [0.25, 0.3) is 5.56 Å². The van der Waals surface area contributed by atoms with Crippen molar-refractivity contribution in [2.24, 2.45) is 0 Å². The van der Waals surface area contributed by atoms with Crippen LogP contribution in [-0.2, 0) is 6.54 Å². The van der Waals surface area contributed by atoms with Gasteiger partial charge in [-0.15, -0.1) is 12.4 Å². The summed E-state index contributed by atoms with van der Waals surface area (Å²) in [7, 11) is 0. The Morgan fingerprint density at radius 3 is 2.18 bits per heavy atom. The van der Waals surface area contributed by atoms with Crippen molar-refractivity contribution in [1.82, 2.24) is 9.47 Å². The zero-order valence-electron chi connectivity index (χ0n) is 16.3. The van der Waals surface area contributed by atoms with E-state index in [1.54, 1.807) is 6.07 Å². The summed E-state index contributed by atoms with van der Waals surface area (Å²) in [6.07, 6.45) is 1.96. The van der Waals surface area contributed by atoms with Gasteiger partial charge >= 0.3 is 0 Å². The van der Waals surface area contributed by atoms with Gasteiger partial charge in [0, 0.05) is 39.8 Å². The predicted molar refractivity (Wildman–Crippen MR) is 123 cm³/mol. The Balaban J connectivity index is 0.00000280. The van der Waals surface area contributed by atoms with Gasteiger partial charge in [-0.2, -0.15) is 0 Å². The fraction of sp³-hybridized carbons (Fsp3) is 0.318. The van der Waals surface area contributed by atoms with Crippen LogP contribution in [0.5, 0.6) is 0 Å². The lowest BCUT2D eigenvalue weighted by molar-refractivity contribution is 0.210. The maximum atomic E-state index is 13.1. The van der Waals surface area contributed by atoms with Crippen LogP contribution in [0, 0.1) is 0 Å². The molecule has 0 saturated carbocycles. The zero-order valence-corrected chi connectivity index (χ0v) is 18.6. The van der Waals surface area contributed by atoms with E-state index in [1.807, 2.05) is 47.2 Å². The van der Waals surface area contributed by atoms with Crippen LogP contribution in [0.15, 0.2) is 53.5 Å². The van der Waals surface area contributed by atoms with Crippen LogP contribution in [0.4, 0.5) is 0 Å². The Labute approximate surface area is 182 Å². The first-order valence-corrected chi connectivity index (χ1v) is 10.0. The van der Waals surface area contributed by atoms with Gasteiger partial charge < -0.3 is 4.57 Å². The van der Waals surface area contributed by atoms with Crippen molar-refractivity contribution in [3.05, 3.63) is 69.1 Å². The van der Waals surface area contributed by atoms with Crippen LogP contribution < -0.4 is 5.56 Å². The lowest BCUT2D eigenvalue weighted by Crippen LogP contribution is -2.38. The molecule has 0 N–H and O–H groups in total. The van der Waals surface area contributed by atoms with Crippen molar-refractivity contribution in [2.45, 2.75) is 33.4 Å². The van der Waals surface area contributed by atoms with Gasteiger partial charge in [0.05, 0.1) is 0 Å². The van der Waals surface area contributed by atoms with Gasteiger partial charge in [-0.25, -0.2) is 0 Å². The second-order valence-electron chi connectivity index (χ2n) is 6.77. The van der Waals surface area contributed by atoms with E-state index in [-0.39, 0.29) is 24.0 Å². The molecule has 0 aliphatic heterocycles. The molecule has 3 nitrogen and oxygen atoms in total. The molecular formula is C22H25Cl3N2O. The van der Waals surface area contributed by atoms with E-state index in [1.165, 1.54) is 0 Å². The molecule has 1 heterocycles. The van der Waals surface area contributed by atoms with Gasteiger partial charge in [-0.1, -0.05) is 55.2 Å². The van der Waals surface area contributed by atoms with Gasteiger partial charge in [0.1, 0.15) is 0 Å². The maximum absolute atomic E-state index is 13.1. The van der Waals surface area contributed by atoms with E-state index < -0.39 is 0 Å². The monoisotopic (exact) mass is 438 g/mol. The van der Waals surface area contributed by atoms with Crippen molar-refractivity contribution in [3.63, 3.8) is 0 Å². The average molecular weight is 440 g/mol. The summed E-state index contributed by atoms with van der Waals surface area (Å²) < 4.78 is 1.81. The van der Waals surface area contributed by atoms with Crippen LogP contribution >= 0.6 is 35.6 Å². The van der Waals surface area contributed by atoms with E-state index in [0.717, 1.165) is 29.6 Å². The molecule has 6 heteroatoms. The molecule has 0 aliphatic rings. The van der Waals surface area contributed by atoms with Crippen molar-refractivity contribution < 1.29 is 0 Å². The molecule has 0 bridgehead atoms. The molecular weight excluding hydrogens is 415 g/mol. The van der Waals surface area contributed by atoms with Crippen molar-refractivity contribution in [2.75, 3.05) is 13.1 Å². The number of halogens is 3. The molecule has 0 fully saturated rings. The second kappa shape index (κ2) is 9.80. The first-order valence-electron chi connectivity index (χ1n) is 9.27. The van der Waals surface area contributed by atoms with Crippen molar-refractivity contribution >= 4 is 46.4 Å². The average Bonchev–Trinajstić information content (AvgIpc) is 2.66. The number of nitrogens with zero attached hydrogens (tertiary/aromatic N) is 2. The van der Waals surface area contributed by atoms with Crippen LogP contribution in [0.25, 0.3) is 21.9 Å². The standard InChI is InChI=1S/C22H24Cl2N2O.ClH/c1-4-25(5-2)15(3)13-26-14-21(16-6-8-17(23)9-7-16)19-11-10-18(24)12-20(19)22(26)27;/h6-12,14-15H,4-5,13H2,1-3H3;1H. The number of pyridine rings is 1. The Morgan fingerprint density at radius 2 is 1.57 bits per heavy atom.